The highest BCUT2D eigenvalue weighted by Gasteiger charge is 2.32. The average molecular weight is 315 g/mol. The van der Waals surface area contributed by atoms with E-state index in [0.717, 1.165) is 6.07 Å². The van der Waals surface area contributed by atoms with Crippen LogP contribution in [0.3, 0.4) is 0 Å². The van der Waals surface area contributed by atoms with Crippen LogP contribution in [0.5, 0.6) is 0 Å². The fraction of sp³-hybridized carbons (Fsp3) is 0.143. The van der Waals surface area contributed by atoms with E-state index in [0.29, 0.717) is 0 Å². The van der Waals surface area contributed by atoms with Gasteiger partial charge in [0.15, 0.2) is 0 Å². The van der Waals surface area contributed by atoms with Crippen LogP contribution >= 0.6 is 11.6 Å². The van der Waals surface area contributed by atoms with Gasteiger partial charge in [0.25, 0.3) is 5.91 Å². The van der Waals surface area contributed by atoms with Gasteiger partial charge in [0.1, 0.15) is 0 Å². The number of halogens is 4. The van der Waals surface area contributed by atoms with Crippen LogP contribution in [0.2, 0.25) is 5.02 Å². The van der Waals surface area contributed by atoms with Crippen molar-refractivity contribution in [3.8, 4) is 0 Å². The van der Waals surface area contributed by atoms with Gasteiger partial charge in [0, 0.05) is 18.1 Å². The summed E-state index contributed by atoms with van der Waals surface area (Å²) in [5.41, 5.74) is -0.518. The maximum Gasteiger partial charge on any atom is 0.416 e. The largest absolute Gasteiger partial charge is 0.416 e. The van der Waals surface area contributed by atoms with E-state index in [1.54, 1.807) is 0 Å². The Balaban J connectivity index is 2.29. The summed E-state index contributed by atoms with van der Waals surface area (Å²) in [6.45, 7) is 1.36. The predicted octanol–water partition coefficient (Wildman–Crippen LogP) is 4.31. The molecule has 0 bridgehead atoms. The average Bonchev–Trinajstić information content (AvgIpc) is 2.40. The predicted molar refractivity (Wildman–Crippen MR) is 73.4 cm³/mol. The van der Waals surface area contributed by atoms with Gasteiger partial charge in [0.05, 0.1) is 16.1 Å². The van der Waals surface area contributed by atoms with Crippen molar-refractivity contribution in [1.29, 1.82) is 0 Å². The Morgan fingerprint density at radius 1 is 1.29 bits per heavy atom. The first-order valence-corrected chi connectivity index (χ1v) is 6.25. The Morgan fingerprint density at radius 2 is 2.00 bits per heavy atom. The third-order valence-electron chi connectivity index (χ3n) is 2.82. The number of aryl methyl sites for hydroxylation is 1. The van der Waals surface area contributed by atoms with Crippen molar-refractivity contribution >= 4 is 23.2 Å². The van der Waals surface area contributed by atoms with Gasteiger partial charge >= 0.3 is 6.18 Å². The van der Waals surface area contributed by atoms with E-state index < -0.39 is 17.6 Å². The number of nitrogens with one attached hydrogen (secondary N) is 1. The van der Waals surface area contributed by atoms with Gasteiger partial charge in [0.2, 0.25) is 0 Å². The first-order valence-electron chi connectivity index (χ1n) is 5.88. The van der Waals surface area contributed by atoms with Crippen molar-refractivity contribution in [2.45, 2.75) is 13.1 Å². The number of nitrogens with zero attached hydrogens (tertiary/aromatic N) is 1. The molecule has 1 aromatic heterocycles. The summed E-state index contributed by atoms with van der Waals surface area (Å²) in [5, 5.41) is 2.51. The van der Waals surface area contributed by atoms with Gasteiger partial charge in [-0.15, -0.1) is 0 Å². The standard InChI is InChI=1S/C14H10ClF3N2O/c1-8-2-3-9(6-11(8)14(16,17)18)20-13(21)10-4-5-19-7-12(10)15/h2-7H,1H3,(H,20,21). The van der Waals surface area contributed by atoms with E-state index in [4.69, 9.17) is 11.6 Å². The summed E-state index contributed by atoms with van der Waals surface area (Å²) >= 11 is 5.81. The minimum Gasteiger partial charge on any atom is -0.322 e. The SMILES string of the molecule is Cc1ccc(NC(=O)c2ccncc2Cl)cc1C(F)(F)F. The zero-order valence-electron chi connectivity index (χ0n) is 10.8. The number of alkyl halides is 3. The summed E-state index contributed by atoms with van der Waals surface area (Å²) in [6.07, 6.45) is -1.82. The minimum absolute atomic E-state index is 0.0470. The molecule has 110 valence electrons. The Labute approximate surface area is 123 Å². The van der Waals surface area contributed by atoms with Crippen LogP contribution in [-0.4, -0.2) is 10.9 Å². The molecule has 0 aliphatic rings. The third-order valence-corrected chi connectivity index (χ3v) is 3.12. The first-order chi connectivity index (χ1) is 9.79. The Bertz CT molecular complexity index is 686. The smallest absolute Gasteiger partial charge is 0.322 e. The number of aromatic nitrogens is 1. The zero-order valence-corrected chi connectivity index (χ0v) is 11.6. The third kappa shape index (κ3) is 3.52. The number of carbonyl (C=O) groups is 1. The number of hydrogen-bond donors (Lipinski definition) is 1. The molecule has 1 amide bonds. The van der Waals surface area contributed by atoms with Crippen LogP contribution in [0, 0.1) is 6.92 Å². The fourth-order valence-corrected chi connectivity index (χ4v) is 1.97. The molecule has 7 heteroatoms. The molecular weight excluding hydrogens is 305 g/mol. The molecule has 0 spiro atoms. The van der Waals surface area contributed by atoms with Gasteiger partial charge in [-0.2, -0.15) is 13.2 Å². The molecule has 2 aromatic rings. The quantitative estimate of drug-likeness (QED) is 0.897. The Hall–Kier alpha value is -2.08. The van der Waals surface area contributed by atoms with Crippen LogP contribution < -0.4 is 5.32 Å². The van der Waals surface area contributed by atoms with Gasteiger partial charge in [-0.25, -0.2) is 0 Å². The monoisotopic (exact) mass is 314 g/mol. The number of rotatable bonds is 2. The van der Waals surface area contributed by atoms with Crippen LogP contribution in [0.15, 0.2) is 36.7 Å². The van der Waals surface area contributed by atoms with Gasteiger partial charge in [-0.3, -0.25) is 9.78 Å². The van der Waals surface area contributed by atoms with Crippen LogP contribution in [0.25, 0.3) is 0 Å². The molecule has 0 atom stereocenters. The Kier molecular flexibility index (Phi) is 4.18. The van der Waals surface area contributed by atoms with Crippen molar-refractivity contribution in [1.82, 2.24) is 4.98 Å². The molecule has 1 heterocycles. The number of pyridine rings is 1. The van der Waals surface area contributed by atoms with E-state index in [2.05, 4.69) is 10.3 Å². The van der Waals surface area contributed by atoms with Gasteiger partial charge in [-0.1, -0.05) is 17.7 Å². The number of carbonyl (C=O) groups excluding carboxylic acids is 1. The summed E-state index contributed by atoms with van der Waals surface area (Å²) in [6, 6.07) is 4.98. The van der Waals surface area contributed by atoms with Crippen molar-refractivity contribution in [2.75, 3.05) is 5.32 Å². The maximum atomic E-state index is 12.8. The van der Waals surface area contributed by atoms with E-state index in [9.17, 15) is 18.0 Å². The molecule has 21 heavy (non-hydrogen) atoms. The molecule has 0 aliphatic carbocycles. The molecule has 2 rings (SSSR count). The lowest BCUT2D eigenvalue weighted by atomic mass is 10.1. The highest BCUT2D eigenvalue weighted by atomic mass is 35.5. The number of hydrogen-bond acceptors (Lipinski definition) is 2. The van der Waals surface area contributed by atoms with Crippen molar-refractivity contribution in [3.05, 3.63) is 58.4 Å². The molecular formula is C14H10ClF3N2O. The molecule has 3 nitrogen and oxygen atoms in total. The molecule has 1 N–H and O–H groups in total. The van der Waals surface area contributed by atoms with Crippen molar-refractivity contribution < 1.29 is 18.0 Å². The fourth-order valence-electron chi connectivity index (χ4n) is 1.76. The molecule has 1 aromatic carbocycles. The van der Waals surface area contributed by atoms with Crippen LogP contribution in [0.4, 0.5) is 18.9 Å². The second-order valence-electron chi connectivity index (χ2n) is 4.34. The second kappa shape index (κ2) is 5.73. The zero-order chi connectivity index (χ0) is 15.6. The molecule has 0 fully saturated rings. The topological polar surface area (TPSA) is 42.0 Å². The van der Waals surface area contributed by atoms with E-state index >= 15 is 0 Å². The van der Waals surface area contributed by atoms with Crippen molar-refractivity contribution in [3.63, 3.8) is 0 Å². The maximum absolute atomic E-state index is 12.8. The number of anilines is 1. The summed E-state index contributed by atoms with van der Waals surface area (Å²) in [5.74, 6) is -0.598. The summed E-state index contributed by atoms with van der Waals surface area (Å²) in [7, 11) is 0. The number of benzene rings is 1. The van der Waals surface area contributed by atoms with Crippen LogP contribution in [-0.2, 0) is 6.18 Å². The first kappa shape index (κ1) is 15.3. The van der Waals surface area contributed by atoms with Crippen LogP contribution in [0.1, 0.15) is 21.5 Å². The molecule has 0 radical (unpaired) electrons. The Morgan fingerprint density at radius 3 is 2.62 bits per heavy atom. The van der Waals surface area contributed by atoms with Gasteiger partial charge in [-0.05, 0) is 30.7 Å². The molecule has 0 saturated heterocycles. The lowest BCUT2D eigenvalue weighted by molar-refractivity contribution is -0.138. The van der Waals surface area contributed by atoms with Gasteiger partial charge < -0.3 is 5.32 Å². The molecule has 0 aliphatic heterocycles. The summed E-state index contributed by atoms with van der Waals surface area (Å²) in [4.78, 5) is 15.7. The second-order valence-corrected chi connectivity index (χ2v) is 4.74. The highest BCUT2D eigenvalue weighted by Crippen LogP contribution is 2.33. The lowest BCUT2D eigenvalue weighted by Gasteiger charge is -2.13. The molecule has 0 saturated carbocycles. The lowest BCUT2D eigenvalue weighted by Crippen LogP contribution is -2.14. The van der Waals surface area contributed by atoms with E-state index in [1.165, 1.54) is 37.5 Å². The van der Waals surface area contributed by atoms with E-state index in [1.807, 2.05) is 0 Å². The summed E-state index contributed by atoms with van der Waals surface area (Å²) < 4.78 is 38.4. The highest BCUT2D eigenvalue weighted by molar-refractivity contribution is 6.34. The molecule has 0 unspecified atom stereocenters. The van der Waals surface area contributed by atoms with Crippen molar-refractivity contribution in [2.24, 2.45) is 0 Å². The number of amides is 1. The van der Waals surface area contributed by atoms with E-state index in [-0.39, 0.29) is 21.8 Å². The normalized spacial score (nSPS) is 11.3. The minimum atomic E-state index is -4.47.